The van der Waals surface area contributed by atoms with Crippen LogP contribution in [0.2, 0.25) is 0 Å². The van der Waals surface area contributed by atoms with Gasteiger partial charge in [-0.1, -0.05) is 0 Å². The molecular weight excluding hydrogens is 228 g/mol. The Balaban J connectivity index is 1.91. The molecule has 1 saturated heterocycles. The molecular formula is C12H16N6. The van der Waals surface area contributed by atoms with Gasteiger partial charge in [-0.2, -0.15) is 4.98 Å². The van der Waals surface area contributed by atoms with Crippen LogP contribution in [-0.2, 0) is 7.05 Å². The monoisotopic (exact) mass is 244 g/mol. The summed E-state index contributed by atoms with van der Waals surface area (Å²) in [5.41, 5.74) is 1.04. The molecule has 0 bridgehead atoms. The Kier molecular flexibility index (Phi) is 2.93. The number of anilines is 1. The number of hydrogen-bond acceptors (Lipinski definition) is 5. The molecule has 3 rings (SSSR count). The summed E-state index contributed by atoms with van der Waals surface area (Å²) in [6, 6.07) is 3.90. The van der Waals surface area contributed by atoms with E-state index in [2.05, 4.69) is 25.3 Å². The molecule has 2 aromatic rings. The van der Waals surface area contributed by atoms with Crippen molar-refractivity contribution in [2.75, 3.05) is 31.1 Å². The smallest absolute Gasteiger partial charge is 0.245 e. The molecule has 0 spiro atoms. The fraction of sp³-hybridized carbons (Fsp3) is 0.417. The van der Waals surface area contributed by atoms with Crippen LogP contribution in [0.3, 0.4) is 0 Å². The van der Waals surface area contributed by atoms with Gasteiger partial charge in [0.1, 0.15) is 0 Å². The maximum atomic E-state index is 4.63. The lowest BCUT2D eigenvalue weighted by Gasteiger charge is -2.25. The van der Waals surface area contributed by atoms with E-state index in [9.17, 15) is 0 Å². The molecule has 3 heterocycles. The lowest BCUT2D eigenvalue weighted by Crippen LogP contribution is -2.44. The first-order chi connectivity index (χ1) is 8.84. The van der Waals surface area contributed by atoms with E-state index in [1.54, 1.807) is 12.4 Å². The van der Waals surface area contributed by atoms with E-state index in [0.717, 1.165) is 43.5 Å². The summed E-state index contributed by atoms with van der Waals surface area (Å²) < 4.78 is 1.83. The zero-order valence-electron chi connectivity index (χ0n) is 10.4. The molecule has 0 amide bonds. The Labute approximate surface area is 106 Å². The van der Waals surface area contributed by atoms with E-state index in [0.29, 0.717) is 0 Å². The minimum atomic E-state index is 0.811. The zero-order chi connectivity index (χ0) is 12.4. The standard InChI is InChI=1S/C12H16N6/c1-17-11(10-2-4-13-5-3-10)15-12(16-17)18-8-6-14-7-9-18/h2-5,14H,6-9H2,1H3. The van der Waals surface area contributed by atoms with E-state index in [4.69, 9.17) is 0 Å². The van der Waals surface area contributed by atoms with Crippen LogP contribution < -0.4 is 10.2 Å². The molecule has 0 aromatic carbocycles. The summed E-state index contributed by atoms with van der Waals surface area (Å²) >= 11 is 0. The average molecular weight is 244 g/mol. The Morgan fingerprint density at radius 3 is 2.61 bits per heavy atom. The van der Waals surface area contributed by atoms with Crippen molar-refractivity contribution in [3.63, 3.8) is 0 Å². The average Bonchev–Trinajstić information content (AvgIpc) is 2.83. The lowest BCUT2D eigenvalue weighted by molar-refractivity contribution is 0.578. The molecule has 0 aliphatic carbocycles. The molecule has 0 saturated carbocycles. The van der Waals surface area contributed by atoms with Gasteiger partial charge in [-0.15, -0.1) is 5.10 Å². The molecule has 94 valence electrons. The van der Waals surface area contributed by atoms with Crippen molar-refractivity contribution in [1.29, 1.82) is 0 Å². The van der Waals surface area contributed by atoms with E-state index >= 15 is 0 Å². The molecule has 1 fully saturated rings. The first-order valence-corrected chi connectivity index (χ1v) is 6.12. The highest BCUT2D eigenvalue weighted by molar-refractivity contribution is 5.56. The molecule has 2 aromatic heterocycles. The molecule has 1 aliphatic rings. The summed E-state index contributed by atoms with van der Waals surface area (Å²) in [7, 11) is 1.93. The Morgan fingerprint density at radius 2 is 1.89 bits per heavy atom. The summed E-state index contributed by atoms with van der Waals surface area (Å²) in [4.78, 5) is 10.9. The molecule has 0 atom stereocenters. The Hall–Kier alpha value is -1.95. The van der Waals surface area contributed by atoms with Crippen LogP contribution in [0.25, 0.3) is 11.4 Å². The van der Waals surface area contributed by atoms with Crippen LogP contribution in [-0.4, -0.2) is 45.9 Å². The van der Waals surface area contributed by atoms with E-state index in [1.165, 1.54) is 0 Å². The second-order valence-electron chi connectivity index (χ2n) is 4.33. The van der Waals surface area contributed by atoms with E-state index < -0.39 is 0 Å². The molecule has 18 heavy (non-hydrogen) atoms. The van der Waals surface area contributed by atoms with Crippen LogP contribution >= 0.6 is 0 Å². The van der Waals surface area contributed by atoms with Crippen molar-refractivity contribution in [3.05, 3.63) is 24.5 Å². The predicted octanol–water partition coefficient (Wildman–Crippen LogP) is 0.287. The van der Waals surface area contributed by atoms with Gasteiger partial charge in [0, 0.05) is 51.2 Å². The first-order valence-electron chi connectivity index (χ1n) is 6.12. The van der Waals surface area contributed by atoms with Crippen molar-refractivity contribution in [1.82, 2.24) is 25.1 Å². The van der Waals surface area contributed by atoms with Gasteiger partial charge in [0.05, 0.1) is 0 Å². The normalized spacial score (nSPS) is 15.9. The first kappa shape index (κ1) is 11.2. The third kappa shape index (κ3) is 2.06. The quantitative estimate of drug-likeness (QED) is 0.822. The minimum Gasteiger partial charge on any atom is -0.337 e. The maximum absolute atomic E-state index is 4.63. The van der Waals surface area contributed by atoms with Crippen LogP contribution in [0.1, 0.15) is 0 Å². The van der Waals surface area contributed by atoms with Crippen molar-refractivity contribution in [3.8, 4) is 11.4 Å². The summed E-state index contributed by atoms with van der Waals surface area (Å²) in [5, 5.41) is 7.82. The highest BCUT2D eigenvalue weighted by atomic mass is 15.4. The fourth-order valence-electron chi connectivity index (χ4n) is 2.12. The second-order valence-corrected chi connectivity index (χ2v) is 4.33. The molecule has 1 N–H and O–H groups in total. The predicted molar refractivity (Wildman–Crippen MR) is 69.3 cm³/mol. The maximum Gasteiger partial charge on any atom is 0.245 e. The summed E-state index contributed by atoms with van der Waals surface area (Å²) in [6.45, 7) is 3.89. The van der Waals surface area contributed by atoms with E-state index in [1.807, 2.05) is 23.9 Å². The number of nitrogens with one attached hydrogen (secondary N) is 1. The largest absolute Gasteiger partial charge is 0.337 e. The van der Waals surface area contributed by atoms with Crippen LogP contribution in [0.4, 0.5) is 5.95 Å². The van der Waals surface area contributed by atoms with Gasteiger partial charge >= 0.3 is 0 Å². The van der Waals surface area contributed by atoms with Gasteiger partial charge in [0.15, 0.2) is 5.82 Å². The third-order valence-electron chi connectivity index (χ3n) is 3.09. The number of nitrogens with zero attached hydrogens (tertiary/aromatic N) is 5. The minimum absolute atomic E-state index is 0.811. The number of aromatic nitrogens is 4. The third-order valence-corrected chi connectivity index (χ3v) is 3.09. The summed E-state index contributed by atoms with van der Waals surface area (Å²) in [6.07, 6.45) is 3.54. The van der Waals surface area contributed by atoms with Gasteiger partial charge in [-0.25, -0.2) is 4.68 Å². The van der Waals surface area contributed by atoms with Gasteiger partial charge < -0.3 is 10.2 Å². The number of aryl methyl sites for hydroxylation is 1. The van der Waals surface area contributed by atoms with Gasteiger partial charge in [0.2, 0.25) is 5.95 Å². The lowest BCUT2D eigenvalue weighted by atomic mass is 10.2. The highest BCUT2D eigenvalue weighted by Crippen LogP contribution is 2.19. The van der Waals surface area contributed by atoms with Crippen molar-refractivity contribution >= 4 is 5.95 Å². The number of pyridine rings is 1. The summed E-state index contributed by atoms with van der Waals surface area (Å²) in [5.74, 6) is 1.69. The van der Waals surface area contributed by atoms with E-state index in [-0.39, 0.29) is 0 Å². The zero-order valence-corrected chi connectivity index (χ0v) is 10.4. The molecule has 0 radical (unpaired) electrons. The Bertz CT molecular complexity index is 515. The van der Waals surface area contributed by atoms with Crippen molar-refractivity contribution in [2.45, 2.75) is 0 Å². The van der Waals surface area contributed by atoms with Crippen LogP contribution in [0.5, 0.6) is 0 Å². The second kappa shape index (κ2) is 4.73. The Morgan fingerprint density at radius 1 is 1.17 bits per heavy atom. The molecule has 1 aliphatic heterocycles. The topological polar surface area (TPSA) is 58.9 Å². The number of rotatable bonds is 2. The number of hydrogen-bond donors (Lipinski definition) is 1. The van der Waals surface area contributed by atoms with Crippen molar-refractivity contribution in [2.24, 2.45) is 7.05 Å². The molecule has 6 heteroatoms. The molecule has 0 unspecified atom stereocenters. The van der Waals surface area contributed by atoms with Gasteiger partial charge in [0.25, 0.3) is 0 Å². The van der Waals surface area contributed by atoms with Crippen molar-refractivity contribution < 1.29 is 0 Å². The SMILES string of the molecule is Cn1nc(N2CCNCC2)nc1-c1ccncc1. The number of piperazine rings is 1. The molecule has 6 nitrogen and oxygen atoms in total. The van der Waals surface area contributed by atoms with Gasteiger partial charge in [-0.3, -0.25) is 4.98 Å². The van der Waals surface area contributed by atoms with Gasteiger partial charge in [-0.05, 0) is 12.1 Å². The van der Waals surface area contributed by atoms with Crippen LogP contribution in [0.15, 0.2) is 24.5 Å². The van der Waals surface area contributed by atoms with Crippen LogP contribution in [0, 0.1) is 0 Å². The fourth-order valence-corrected chi connectivity index (χ4v) is 2.12. The highest BCUT2D eigenvalue weighted by Gasteiger charge is 2.17.